The zero-order valence-corrected chi connectivity index (χ0v) is 15.5. The topological polar surface area (TPSA) is 59.7 Å². The van der Waals surface area contributed by atoms with Gasteiger partial charge >= 0.3 is 0 Å². The molecule has 0 spiro atoms. The average Bonchev–Trinajstić information content (AvgIpc) is 3.37. The molecule has 1 aliphatic heterocycles. The van der Waals surface area contributed by atoms with Crippen molar-refractivity contribution in [3.63, 3.8) is 0 Å². The SMILES string of the molecule is CN(CCC[C@H]1CCCO1)C(=O)c1ccc(-c2nnc3ccccn23)cc1. The van der Waals surface area contributed by atoms with Crippen LogP contribution >= 0.6 is 0 Å². The quantitative estimate of drug-likeness (QED) is 0.672. The molecule has 1 saturated heterocycles. The lowest BCUT2D eigenvalue weighted by Crippen LogP contribution is -2.28. The lowest BCUT2D eigenvalue weighted by atomic mass is 10.1. The Balaban J connectivity index is 1.39. The first kappa shape index (κ1) is 17.7. The van der Waals surface area contributed by atoms with Gasteiger partial charge in [-0.05, 0) is 49.9 Å². The maximum absolute atomic E-state index is 12.6. The third-order valence-electron chi connectivity index (χ3n) is 5.09. The summed E-state index contributed by atoms with van der Waals surface area (Å²) in [5.41, 5.74) is 2.43. The Bertz CT molecular complexity index is 913. The van der Waals surface area contributed by atoms with E-state index in [1.54, 1.807) is 4.90 Å². The first-order valence-electron chi connectivity index (χ1n) is 9.49. The summed E-state index contributed by atoms with van der Waals surface area (Å²) in [6.45, 7) is 1.63. The van der Waals surface area contributed by atoms with Gasteiger partial charge in [-0.15, -0.1) is 10.2 Å². The molecule has 140 valence electrons. The monoisotopic (exact) mass is 364 g/mol. The van der Waals surface area contributed by atoms with Crippen molar-refractivity contribution in [2.45, 2.75) is 31.8 Å². The van der Waals surface area contributed by atoms with Gasteiger partial charge in [0.15, 0.2) is 11.5 Å². The summed E-state index contributed by atoms with van der Waals surface area (Å²) in [5.74, 6) is 0.814. The van der Waals surface area contributed by atoms with Crippen molar-refractivity contribution in [3.8, 4) is 11.4 Å². The fourth-order valence-corrected chi connectivity index (χ4v) is 3.55. The minimum Gasteiger partial charge on any atom is -0.378 e. The van der Waals surface area contributed by atoms with E-state index >= 15 is 0 Å². The molecule has 3 aromatic rings. The highest BCUT2D eigenvalue weighted by Crippen LogP contribution is 2.20. The predicted octanol–water partition coefficient (Wildman–Crippen LogP) is 3.43. The minimum atomic E-state index is 0.0417. The van der Waals surface area contributed by atoms with Crippen LogP contribution in [0.25, 0.3) is 17.0 Å². The molecule has 1 atom stereocenters. The van der Waals surface area contributed by atoms with Gasteiger partial charge in [-0.3, -0.25) is 9.20 Å². The third-order valence-corrected chi connectivity index (χ3v) is 5.09. The molecule has 3 heterocycles. The van der Waals surface area contributed by atoms with E-state index in [2.05, 4.69) is 10.2 Å². The van der Waals surface area contributed by atoms with Crippen LogP contribution in [0.5, 0.6) is 0 Å². The summed E-state index contributed by atoms with van der Waals surface area (Å²) in [5, 5.41) is 8.43. The van der Waals surface area contributed by atoms with Crippen LogP contribution in [-0.2, 0) is 4.74 Å². The summed E-state index contributed by atoms with van der Waals surface area (Å²) in [7, 11) is 1.86. The molecule has 1 aromatic carbocycles. The van der Waals surface area contributed by atoms with E-state index in [1.807, 2.05) is 60.1 Å². The number of fused-ring (bicyclic) bond motifs is 1. The normalized spacial score (nSPS) is 16.7. The highest BCUT2D eigenvalue weighted by Gasteiger charge is 2.17. The van der Waals surface area contributed by atoms with Crippen molar-refractivity contribution >= 4 is 11.6 Å². The van der Waals surface area contributed by atoms with Crippen molar-refractivity contribution in [2.75, 3.05) is 20.2 Å². The second-order valence-electron chi connectivity index (χ2n) is 7.03. The van der Waals surface area contributed by atoms with E-state index in [4.69, 9.17) is 4.74 Å². The number of benzene rings is 1. The largest absolute Gasteiger partial charge is 0.378 e. The van der Waals surface area contributed by atoms with Crippen molar-refractivity contribution < 1.29 is 9.53 Å². The van der Waals surface area contributed by atoms with Crippen molar-refractivity contribution in [3.05, 3.63) is 54.2 Å². The highest BCUT2D eigenvalue weighted by molar-refractivity contribution is 5.94. The zero-order chi connectivity index (χ0) is 18.6. The van der Waals surface area contributed by atoms with E-state index in [9.17, 15) is 4.79 Å². The van der Waals surface area contributed by atoms with E-state index in [0.29, 0.717) is 11.7 Å². The summed E-state index contributed by atoms with van der Waals surface area (Å²) in [4.78, 5) is 14.4. The van der Waals surface area contributed by atoms with Crippen LogP contribution in [0.1, 0.15) is 36.0 Å². The number of carbonyl (C=O) groups is 1. The second-order valence-corrected chi connectivity index (χ2v) is 7.03. The lowest BCUT2D eigenvalue weighted by molar-refractivity contribution is 0.0763. The Morgan fingerprint density at radius 1 is 1.22 bits per heavy atom. The molecule has 0 N–H and O–H groups in total. The highest BCUT2D eigenvalue weighted by atomic mass is 16.5. The van der Waals surface area contributed by atoms with Gasteiger partial charge in [0, 0.05) is 37.5 Å². The Morgan fingerprint density at radius 3 is 2.85 bits per heavy atom. The molecule has 27 heavy (non-hydrogen) atoms. The van der Waals surface area contributed by atoms with Gasteiger partial charge in [0.2, 0.25) is 0 Å². The smallest absolute Gasteiger partial charge is 0.253 e. The molecule has 1 amide bonds. The van der Waals surface area contributed by atoms with Gasteiger partial charge in [0.05, 0.1) is 6.10 Å². The van der Waals surface area contributed by atoms with E-state index in [1.165, 1.54) is 0 Å². The molecule has 1 aliphatic rings. The Morgan fingerprint density at radius 2 is 2.07 bits per heavy atom. The van der Waals surface area contributed by atoms with Gasteiger partial charge in [0.25, 0.3) is 5.91 Å². The van der Waals surface area contributed by atoms with Crippen LogP contribution in [0.2, 0.25) is 0 Å². The van der Waals surface area contributed by atoms with E-state index in [-0.39, 0.29) is 5.91 Å². The summed E-state index contributed by atoms with van der Waals surface area (Å²) in [6.07, 6.45) is 6.62. The standard InChI is InChI=1S/C21H24N4O2/c1-24(13-4-6-18-7-5-15-27-18)21(26)17-11-9-16(10-12-17)20-23-22-19-8-2-3-14-25(19)20/h2-3,8-12,14,18H,4-7,13,15H2,1H3/t18-/m0/s1. The van der Waals surface area contributed by atoms with Crippen LogP contribution in [0.15, 0.2) is 48.7 Å². The van der Waals surface area contributed by atoms with Gasteiger partial charge < -0.3 is 9.64 Å². The average molecular weight is 364 g/mol. The lowest BCUT2D eigenvalue weighted by Gasteiger charge is -2.18. The van der Waals surface area contributed by atoms with Gasteiger partial charge in [-0.25, -0.2) is 0 Å². The van der Waals surface area contributed by atoms with Crippen molar-refractivity contribution in [1.29, 1.82) is 0 Å². The second kappa shape index (κ2) is 7.88. The molecule has 0 saturated carbocycles. The number of pyridine rings is 1. The summed E-state index contributed by atoms with van der Waals surface area (Å²) in [6, 6.07) is 13.4. The number of aromatic nitrogens is 3. The third kappa shape index (κ3) is 3.85. The molecule has 0 bridgehead atoms. The number of carbonyl (C=O) groups excluding carboxylic acids is 1. The number of rotatable bonds is 6. The van der Waals surface area contributed by atoms with Crippen LogP contribution in [0.4, 0.5) is 0 Å². The van der Waals surface area contributed by atoms with E-state index < -0.39 is 0 Å². The minimum absolute atomic E-state index is 0.0417. The summed E-state index contributed by atoms with van der Waals surface area (Å²) < 4.78 is 7.58. The Hall–Kier alpha value is -2.73. The fourth-order valence-electron chi connectivity index (χ4n) is 3.55. The van der Waals surface area contributed by atoms with Crippen LogP contribution in [0, 0.1) is 0 Å². The van der Waals surface area contributed by atoms with Gasteiger partial charge in [-0.1, -0.05) is 18.2 Å². The molecule has 1 fully saturated rings. The van der Waals surface area contributed by atoms with Crippen LogP contribution in [0.3, 0.4) is 0 Å². The molecule has 2 aromatic heterocycles. The van der Waals surface area contributed by atoms with Crippen molar-refractivity contribution in [1.82, 2.24) is 19.5 Å². The molecular formula is C21H24N4O2. The number of hydrogen-bond acceptors (Lipinski definition) is 4. The van der Waals surface area contributed by atoms with Crippen LogP contribution < -0.4 is 0 Å². The number of hydrogen-bond donors (Lipinski definition) is 0. The maximum Gasteiger partial charge on any atom is 0.253 e. The predicted molar refractivity (Wildman–Crippen MR) is 104 cm³/mol. The summed E-state index contributed by atoms with van der Waals surface area (Å²) >= 11 is 0. The van der Waals surface area contributed by atoms with Gasteiger partial charge in [-0.2, -0.15) is 0 Å². The maximum atomic E-state index is 12.6. The number of nitrogens with zero attached hydrogens (tertiary/aromatic N) is 4. The Kier molecular flexibility index (Phi) is 5.16. The molecule has 0 radical (unpaired) electrons. The van der Waals surface area contributed by atoms with Gasteiger partial charge in [0.1, 0.15) is 0 Å². The number of amides is 1. The molecule has 4 rings (SSSR count). The van der Waals surface area contributed by atoms with Crippen LogP contribution in [-0.4, -0.2) is 51.7 Å². The Labute approximate surface area is 158 Å². The molecule has 0 aliphatic carbocycles. The van der Waals surface area contributed by atoms with Crippen molar-refractivity contribution in [2.24, 2.45) is 0 Å². The first-order valence-corrected chi connectivity index (χ1v) is 9.49. The zero-order valence-electron chi connectivity index (χ0n) is 15.5. The molecule has 0 unspecified atom stereocenters. The fraction of sp³-hybridized carbons (Fsp3) is 0.381. The first-order chi connectivity index (χ1) is 13.2. The van der Waals surface area contributed by atoms with E-state index in [0.717, 1.165) is 55.9 Å². The molecular weight excluding hydrogens is 340 g/mol. The number of ether oxygens (including phenoxy) is 1. The molecule has 6 heteroatoms. The molecule has 6 nitrogen and oxygen atoms in total.